The summed E-state index contributed by atoms with van der Waals surface area (Å²) < 4.78 is 26.8. The van der Waals surface area contributed by atoms with Crippen molar-refractivity contribution in [2.24, 2.45) is 0 Å². The Bertz CT molecular complexity index is 760. The maximum Gasteiger partial charge on any atom is 0.309 e. The number of halogens is 1. The molecule has 27 heavy (non-hydrogen) atoms. The zero-order valence-corrected chi connectivity index (χ0v) is 17.1. The van der Waals surface area contributed by atoms with Gasteiger partial charge in [0.25, 0.3) is 0 Å². The molecule has 1 saturated heterocycles. The molecular weight excluding hydrogens is 392 g/mol. The van der Waals surface area contributed by atoms with Crippen molar-refractivity contribution in [3.05, 3.63) is 29.3 Å². The van der Waals surface area contributed by atoms with Gasteiger partial charge in [-0.2, -0.15) is 4.31 Å². The summed E-state index contributed by atoms with van der Waals surface area (Å²) >= 11 is 5.81. The standard InChI is InChI=1S/C17H25ClN4O4S/c1-13(2)20-17(24)16(23)19-7-8-21-9-11-22(12-10-21)27(25,26)15-5-3-14(18)4-6-15/h3-6,13H,7-12H2,1-2H3,(H,19,23)(H,20,24)/p+1. The first kappa shape index (κ1) is 21.6. The molecule has 0 spiro atoms. The van der Waals surface area contributed by atoms with E-state index in [1.54, 1.807) is 26.0 Å². The van der Waals surface area contributed by atoms with Crippen molar-refractivity contribution >= 4 is 33.4 Å². The van der Waals surface area contributed by atoms with Gasteiger partial charge in [0.1, 0.15) is 0 Å². The van der Waals surface area contributed by atoms with Gasteiger partial charge in [0, 0.05) is 11.1 Å². The topological polar surface area (TPSA) is 100 Å². The quantitative estimate of drug-likeness (QED) is 0.510. The average Bonchev–Trinajstić information content (AvgIpc) is 2.62. The monoisotopic (exact) mass is 417 g/mol. The number of nitrogens with one attached hydrogen (secondary N) is 3. The van der Waals surface area contributed by atoms with E-state index in [1.807, 2.05) is 0 Å². The Balaban J connectivity index is 1.77. The van der Waals surface area contributed by atoms with E-state index in [0.29, 0.717) is 44.3 Å². The highest BCUT2D eigenvalue weighted by atomic mass is 35.5. The Kier molecular flexibility index (Phi) is 7.60. The van der Waals surface area contributed by atoms with Gasteiger partial charge in [0.15, 0.2) is 0 Å². The summed E-state index contributed by atoms with van der Waals surface area (Å²) in [5.74, 6) is -1.29. The molecule has 3 N–H and O–H groups in total. The summed E-state index contributed by atoms with van der Waals surface area (Å²) in [6.45, 7) is 6.66. The minimum Gasteiger partial charge on any atom is -0.346 e. The second-order valence-electron chi connectivity index (χ2n) is 6.74. The Labute approximate surface area is 164 Å². The van der Waals surface area contributed by atoms with Gasteiger partial charge in [-0.25, -0.2) is 8.42 Å². The number of carbonyl (C=O) groups is 2. The van der Waals surface area contributed by atoms with Crippen LogP contribution in [0.1, 0.15) is 13.8 Å². The molecule has 1 aromatic rings. The highest BCUT2D eigenvalue weighted by molar-refractivity contribution is 7.89. The Morgan fingerprint density at radius 1 is 1.15 bits per heavy atom. The van der Waals surface area contributed by atoms with E-state index >= 15 is 0 Å². The van der Waals surface area contributed by atoms with Crippen LogP contribution in [0.5, 0.6) is 0 Å². The first-order valence-corrected chi connectivity index (χ1v) is 10.7. The van der Waals surface area contributed by atoms with Gasteiger partial charge in [0.05, 0.1) is 44.2 Å². The molecule has 1 heterocycles. The van der Waals surface area contributed by atoms with Gasteiger partial charge in [-0.05, 0) is 38.1 Å². The zero-order chi connectivity index (χ0) is 20.0. The minimum atomic E-state index is -3.52. The minimum absolute atomic E-state index is 0.0930. The van der Waals surface area contributed by atoms with Crippen LogP contribution in [0.3, 0.4) is 0 Å². The molecule has 10 heteroatoms. The van der Waals surface area contributed by atoms with Crippen molar-refractivity contribution in [3.8, 4) is 0 Å². The predicted octanol–water partition coefficient (Wildman–Crippen LogP) is -1.13. The molecule has 0 aliphatic carbocycles. The average molecular weight is 418 g/mol. The third kappa shape index (κ3) is 6.17. The molecule has 0 atom stereocenters. The second-order valence-corrected chi connectivity index (χ2v) is 9.12. The number of carbonyl (C=O) groups excluding carboxylic acids is 2. The van der Waals surface area contributed by atoms with Crippen LogP contribution in [0.4, 0.5) is 0 Å². The number of nitrogens with zero attached hydrogens (tertiary/aromatic N) is 1. The number of quaternary nitrogens is 1. The van der Waals surface area contributed by atoms with Gasteiger partial charge in [-0.15, -0.1) is 0 Å². The molecule has 2 amide bonds. The molecule has 0 saturated carbocycles. The third-order valence-electron chi connectivity index (χ3n) is 4.27. The van der Waals surface area contributed by atoms with E-state index < -0.39 is 21.8 Å². The zero-order valence-electron chi connectivity index (χ0n) is 15.5. The summed E-state index contributed by atoms with van der Waals surface area (Å²) in [6, 6.07) is 6.05. The number of sulfonamides is 1. The van der Waals surface area contributed by atoms with Gasteiger partial charge in [-0.3, -0.25) is 9.59 Å². The van der Waals surface area contributed by atoms with Crippen molar-refractivity contribution in [3.63, 3.8) is 0 Å². The van der Waals surface area contributed by atoms with Crippen molar-refractivity contribution < 1.29 is 22.9 Å². The number of piperazine rings is 1. The van der Waals surface area contributed by atoms with Crippen molar-refractivity contribution in [1.82, 2.24) is 14.9 Å². The Morgan fingerprint density at radius 2 is 1.74 bits per heavy atom. The van der Waals surface area contributed by atoms with Crippen molar-refractivity contribution in [1.29, 1.82) is 0 Å². The maximum absolute atomic E-state index is 12.6. The van der Waals surface area contributed by atoms with E-state index in [9.17, 15) is 18.0 Å². The lowest BCUT2D eigenvalue weighted by molar-refractivity contribution is -0.902. The summed E-state index contributed by atoms with van der Waals surface area (Å²) in [5.41, 5.74) is 0. The van der Waals surface area contributed by atoms with Gasteiger partial charge in [-0.1, -0.05) is 11.6 Å². The number of hydrogen-bond donors (Lipinski definition) is 3. The fourth-order valence-electron chi connectivity index (χ4n) is 2.81. The molecule has 0 bridgehead atoms. The maximum atomic E-state index is 12.6. The van der Waals surface area contributed by atoms with Crippen LogP contribution in [0.2, 0.25) is 5.02 Å². The van der Waals surface area contributed by atoms with Crippen LogP contribution in [-0.2, 0) is 19.6 Å². The lowest BCUT2D eigenvalue weighted by atomic mass is 10.3. The fraction of sp³-hybridized carbons (Fsp3) is 0.529. The lowest BCUT2D eigenvalue weighted by Crippen LogP contribution is -3.15. The molecule has 1 aliphatic rings. The van der Waals surface area contributed by atoms with Crippen molar-refractivity contribution in [2.45, 2.75) is 24.8 Å². The first-order chi connectivity index (χ1) is 12.7. The number of benzene rings is 1. The van der Waals surface area contributed by atoms with E-state index in [4.69, 9.17) is 11.6 Å². The molecule has 0 unspecified atom stereocenters. The molecular formula is C17H26ClN4O4S+. The van der Waals surface area contributed by atoms with E-state index in [-0.39, 0.29) is 10.9 Å². The van der Waals surface area contributed by atoms with Crippen LogP contribution in [-0.4, -0.2) is 69.8 Å². The highest BCUT2D eigenvalue weighted by Crippen LogP contribution is 2.18. The molecule has 2 rings (SSSR count). The molecule has 0 aromatic heterocycles. The lowest BCUT2D eigenvalue weighted by Gasteiger charge is -2.31. The van der Waals surface area contributed by atoms with Gasteiger partial charge >= 0.3 is 11.8 Å². The fourth-order valence-corrected chi connectivity index (χ4v) is 4.38. The van der Waals surface area contributed by atoms with Gasteiger partial charge < -0.3 is 15.5 Å². The predicted molar refractivity (Wildman–Crippen MR) is 102 cm³/mol. The van der Waals surface area contributed by atoms with Crippen LogP contribution >= 0.6 is 11.6 Å². The summed E-state index contributed by atoms with van der Waals surface area (Å²) in [4.78, 5) is 24.6. The molecule has 8 nitrogen and oxygen atoms in total. The molecule has 0 radical (unpaired) electrons. The molecule has 150 valence electrons. The SMILES string of the molecule is CC(C)NC(=O)C(=O)NCC[NH+]1CCN(S(=O)(=O)c2ccc(Cl)cc2)CC1. The molecule has 1 aromatic carbocycles. The number of amides is 2. The normalized spacial score (nSPS) is 16.3. The van der Waals surface area contributed by atoms with E-state index in [0.717, 1.165) is 0 Å². The summed E-state index contributed by atoms with van der Waals surface area (Å²) in [7, 11) is -3.52. The number of hydrogen-bond acceptors (Lipinski definition) is 4. The van der Waals surface area contributed by atoms with Crippen LogP contribution in [0, 0.1) is 0 Å². The highest BCUT2D eigenvalue weighted by Gasteiger charge is 2.30. The second kappa shape index (κ2) is 9.50. The molecule has 1 fully saturated rings. The van der Waals surface area contributed by atoms with Crippen molar-refractivity contribution in [2.75, 3.05) is 39.3 Å². The summed E-state index contributed by atoms with van der Waals surface area (Å²) in [5, 5.41) is 5.62. The van der Waals surface area contributed by atoms with E-state index in [1.165, 1.54) is 21.3 Å². The van der Waals surface area contributed by atoms with Crippen LogP contribution in [0.25, 0.3) is 0 Å². The molecule has 1 aliphatic heterocycles. The summed E-state index contributed by atoms with van der Waals surface area (Å²) in [6.07, 6.45) is 0. The number of rotatable bonds is 6. The van der Waals surface area contributed by atoms with Crippen LogP contribution < -0.4 is 15.5 Å². The smallest absolute Gasteiger partial charge is 0.309 e. The Morgan fingerprint density at radius 3 is 2.30 bits per heavy atom. The largest absolute Gasteiger partial charge is 0.346 e. The first-order valence-electron chi connectivity index (χ1n) is 8.88. The van der Waals surface area contributed by atoms with E-state index in [2.05, 4.69) is 10.6 Å². The Hall–Kier alpha value is -1.68. The third-order valence-corrected chi connectivity index (χ3v) is 6.44. The van der Waals surface area contributed by atoms with Gasteiger partial charge in [0.2, 0.25) is 10.0 Å². The van der Waals surface area contributed by atoms with Crippen LogP contribution in [0.15, 0.2) is 29.2 Å².